The maximum atomic E-state index is 5.44. The number of hydrazine groups is 1. The molecule has 0 saturated heterocycles. The molecule has 0 aliphatic rings. The van der Waals surface area contributed by atoms with Gasteiger partial charge >= 0.3 is 0 Å². The smallest absolute Gasteiger partial charge is 0.198 e. The summed E-state index contributed by atoms with van der Waals surface area (Å²) < 4.78 is 1.15. The van der Waals surface area contributed by atoms with E-state index in [1.165, 1.54) is 11.1 Å². The van der Waals surface area contributed by atoms with Crippen molar-refractivity contribution in [2.45, 2.75) is 6.92 Å². The third kappa shape index (κ3) is 1.85. The van der Waals surface area contributed by atoms with Crippen molar-refractivity contribution in [1.82, 2.24) is 4.98 Å². The Hall–Kier alpha value is -1.91. The summed E-state index contributed by atoms with van der Waals surface area (Å²) in [5, 5.41) is 0.743. The molecule has 3 rings (SSSR count). The molecule has 0 unspecified atom stereocenters. The zero-order valence-electron chi connectivity index (χ0n) is 9.97. The number of anilines is 1. The summed E-state index contributed by atoms with van der Waals surface area (Å²) in [6.45, 7) is 2.10. The molecule has 0 radical (unpaired) electrons. The van der Waals surface area contributed by atoms with Crippen molar-refractivity contribution in [2.75, 3.05) is 5.43 Å². The Morgan fingerprint density at radius 1 is 1.17 bits per heavy atom. The van der Waals surface area contributed by atoms with Gasteiger partial charge < -0.3 is 0 Å². The van der Waals surface area contributed by atoms with Gasteiger partial charge in [0, 0.05) is 5.56 Å². The summed E-state index contributed by atoms with van der Waals surface area (Å²) in [5.74, 6) is 5.44. The number of nitrogens with two attached hydrogens (primary N) is 1. The monoisotopic (exact) mass is 255 g/mol. The van der Waals surface area contributed by atoms with Gasteiger partial charge in [0.15, 0.2) is 5.13 Å². The van der Waals surface area contributed by atoms with Crippen LogP contribution in [0.1, 0.15) is 5.56 Å². The van der Waals surface area contributed by atoms with Gasteiger partial charge in [-0.15, -0.1) is 0 Å². The van der Waals surface area contributed by atoms with Crippen LogP contribution in [0.3, 0.4) is 0 Å². The molecular formula is C14H13N3S. The Labute approximate surface area is 109 Å². The molecule has 18 heavy (non-hydrogen) atoms. The second-order valence-electron chi connectivity index (χ2n) is 4.19. The topological polar surface area (TPSA) is 50.9 Å². The van der Waals surface area contributed by atoms with Crippen LogP contribution in [0.25, 0.3) is 21.3 Å². The highest BCUT2D eigenvalue weighted by molar-refractivity contribution is 7.22. The van der Waals surface area contributed by atoms with Crippen LogP contribution in [0, 0.1) is 6.92 Å². The quantitative estimate of drug-likeness (QED) is 0.544. The van der Waals surface area contributed by atoms with E-state index in [2.05, 4.69) is 41.6 Å². The van der Waals surface area contributed by atoms with Gasteiger partial charge in [-0.25, -0.2) is 10.8 Å². The van der Waals surface area contributed by atoms with Crippen LogP contribution < -0.4 is 11.3 Å². The van der Waals surface area contributed by atoms with E-state index in [1.54, 1.807) is 11.3 Å². The molecular weight excluding hydrogens is 242 g/mol. The van der Waals surface area contributed by atoms with Crippen LogP contribution >= 0.6 is 11.3 Å². The Morgan fingerprint density at radius 3 is 2.67 bits per heavy atom. The van der Waals surface area contributed by atoms with Crippen LogP contribution in [-0.4, -0.2) is 4.98 Å². The van der Waals surface area contributed by atoms with Crippen molar-refractivity contribution in [1.29, 1.82) is 0 Å². The van der Waals surface area contributed by atoms with Crippen molar-refractivity contribution in [3.05, 3.63) is 48.0 Å². The Bertz CT molecular complexity index is 689. The second kappa shape index (κ2) is 4.40. The van der Waals surface area contributed by atoms with Gasteiger partial charge in [0.25, 0.3) is 0 Å². The molecule has 0 saturated carbocycles. The van der Waals surface area contributed by atoms with Crippen LogP contribution in [0.4, 0.5) is 5.13 Å². The van der Waals surface area contributed by atoms with Gasteiger partial charge in [-0.3, -0.25) is 5.43 Å². The Morgan fingerprint density at radius 2 is 1.94 bits per heavy atom. The molecule has 3 aromatic rings. The molecule has 3 N–H and O–H groups in total. The molecule has 1 aromatic heterocycles. The van der Waals surface area contributed by atoms with Crippen molar-refractivity contribution < 1.29 is 0 Å². The third-order valence-corrected chi connectivity index (χ3v) is 3.78. The molecule has 3 nitrogen and oxygen atoms in total. The lowest BCUT2D eigenvalue weighted by Crippen LogP contribution is -2.05. The molecule has 0 aliphatic carbocycles. The summed E-state index contributed by atoms with van der Waals surface area (Å²) in [6, 6.07) is 14.6. The molecule has 0 atom stereocenters. The van der Waals surface area contributed by atoms with E-state index in [1.807, 2.05) is 18.2 Å². The average Bonchev–Trinajstić information content (AvgIpc) is 2.81. The maximum Gasteiger partial charge on any atom is 0.198 e. The summed E-state index contributed by atoms with van der Waals surface area (Å²) in [6.07, 6.45) is 0. The molecule has 0 spiro atoms. The van der Waals surface area contributed by atoms with E-state index in [0.29, 0.717) is 0 Å². The normalized spacial score (nSPS) is 10.8. The van der Waals surface area contributed by atoms with Crippen molar-refractivity contribution in [3.63, 3.8) is 0 Å². The van der Waals surface area contributed by atoms with Gasteiger partial charge in [-0.1, -0.05) is 41.7 Å². The number of nitrogen functional groups attached to an aromatic ring is 1. The number of aryl methyl sites for hydroxylation is 1. The fraction of sp³-hybridized carbons (Fsp3) is 0.0714. The van der Waals surface area contributed by atoms with Crippen LogP contribution in [0.2, 0.25) is 0 Å². The van der Waals surface area contributed by atoms with Crippen LogP contribution in [0.15, 0.2) is 42.5 Å². The van der Waals surface area contributed by atoms with E-state index < -0.39 is 0 Å². The molecule has 0 bridgehead atoms. The Balaban J connectivity index is 2.30. The molecule has 2 aromatic carbocycles. The standard InChI is InChI=1S/C14H13N3S/c1-9-7-11(10-5-3-2-4-6-10)13-12(8-9)18-14(16-13)17-15/h2-8H,15H2,1H3,(H,16,17). The van der Waals surface area contributed by atoms with Gasteiger partial charge in [0.1, 0.15) is 0 Å². The average molecular weight is 255 g/mol. The molecule has 0 amide bonds. The van der Waals surface area contributed by atoms with Crippen molar-refractivity contribution in [2.24, 2.45) is 5.84 Å². The number of nitrogens with one attached hydrogen (secondary N) is 1. The SMILES string of the molecule is Cc1cc(-c2ccccc2)c2nc(NN)sc2c1. The fourth-order valence-electron chi connectivity index (χ4n) is 2.07. The second-order valence-corrected chi connectivity index (χ2v) is 5.22. The number of nitrogens with zero attached hydrogens (tertiary/aromatic N) is 1. The fourth-order valence-corrected chi connectivity index (χ4v) is 2.97. The summed E-state index contributed by atoms with van der Waals surface area (Å²) in [5.41, 5.74) is 7.19. The number of fused-ring (bicyclic) bond motifs is 1. The largest absolute Gasteiger partial charge is 0.300 e. The van der Waals surface area contributed by atoms with E-state index in [0.717, 1.165) is 20.9 Å². The minimum Gasteiger partial charge on any atom is -0.300 e. The highest BCUT2D eigenvalue weighted by Gasteiger charge is 2.10. The van der Waals surface area contributed by atoms with Crippen LogP contribution in [-0.2, 0) is 0 Å². The van der Waals surface area contributed by atoms with Crippen LogP contribution in [0.5, 0.6) is 0 Å². The van der Waals surface area contributed by atoms with Gasteiger partial charge in [0.2, 0.25) is 0 Å². The van der Waals surface area contributed by atoms with Gasteiger partial charge in [0.05, 0.1) is 10.2 Å². The highest BCUT2D eigenvalue weighted by atomic mass is 32.1. The maximum absolute atomic E-state index is 5.44. The van der Waals surface area contributed by atoms with Gasteiger partial charge in [-0.2, -0.15) is 0 Å². The first kappa shape index (κ1) is 11.2. The molecule has 4 heteroatoms. The lowest BCUT2D eigenvalue weighted by Gasteiger charge is -2.04. The number of benzene rings is 2. The molecule has 90 valence electrons. The minimum atomic E-state index is 0.743. The summed E-state index contributed by atoms with van der Waals surface area (Å²) in [7, 11) is 0. The minimum absolute atomic E-state index is 0.743. The van der Waals surface area contributed by atoms with E-state index in [9.17, 15) is 0 Å². The molecule has 0 aliphatic heterocycles. The summed E-state index contributed by atoms with van der Waals surface area (Å²) in [4.78, 5) is 4.53. The third-order valence-electron chi connectivity index (χ3n) is 2.85. The predicted octanol–water partition coefficient (Wildman–Crippen LogP) is 3.56. The first-order chi connectivity index (χ1) is 8.78. The van der Waals surface area contributed by atoms with Crippen molar-refractivity contribution >= 4 is 26.7 Å². The first-order valence-electron chi connectivity index (χ1n) is 5.71. The number of aromatic nitrogens is 1. The summed E-state index contributed by atoms with van der Waals surface area (Å²) >= 11 is 1.57. The Kier molecular flexibility index (Phi) is 2.74. The van der Waals surface area contributed by atoms with E-state index in [4.69, 9.17) is 5.84 Å². The van der Waals surface area contributed by atoms with E-state index >= 15 is 0 Å². The number of rotatable bonds is 2. The zero-order valence-corrected chi connectivity index (χ0v) is 10.8. The van der Waals surface area contributed by atoms with E-state index in [-0.39, 0.29) is 0 Å². The van der Waals surface area contributed by atoms with Crippen molar-refractivity contribution in [3.8, 4) is 11.1 Å². The highest BCUT2D eigenvalue weighted by Crippen LogP contribution is 2.34. The lowest BCUT2D eigenvalue weighted by molar-refractivity contribution is 1.31. The molecule has 1 heterocycles. The zero-order chi connectivity index (χ0) is 12.5. The lowest BCUT2D eigenvalue weighted by atomic mass is 10.0. The molecule has 0 fully saturated rings. The predicted molar refractivity (Wildman–Crippen MR) is 77.6 cm³/mol. The number of thiazole rings is 1. The first-order valence-corrected chi connectivity index (χ1v) is 6.53. The number of hydrogen-bond donors (Lipinski definition) is 2. The number of hydrogen-bond acceptors (Lipinski definition) is 4. The van der Waals surface area contributed by atoms with Gasteiger partial charge in [-0.05, 0) is 30.2 Å².